The molecule has 0 aromatic carbocycles. The van der Waals surface area contributed by atoms with Gasteiger partial charge >= 0.3 is 0 Å². The third kappa shape index (κ3) is 3.64. The standard InChI is InChI=1S/C13H22N6O/c1-10(2)9-18-3-5-19(6-4-18)13(20)11-7-15-8-12(16-11)17-14/h7-8,10H,3-6,9,14H2,1-2H3,(H,16,17). The molecule has 1 aromatic rings. The van der Waals surface area contributed by atoms with Gasteiger partial charge in [0.1, 0.15) is 5.69 Å². The molecule has 20 heavy (non-hydrogen) atoms. The highest BCUT2D eigenvalue weighted by molar-refractivity contribution is 5.92. The monoisotopic (exact) mass is 278 g/mol. The van der Waals surface area contributed by atoms with Crippen LogP contribution >= 0.6 is 0 Å². The van der Waals surface area contributed by atoms with Crippen molar-refractivity contribution in [3.8, 4) is 0 Å². The van der Waals surface area contributed by atoms with Crippen LogP contribution in [-0.2, 0) is 0 Å². The average Bonchev–Trinajstić information content (AvgIpc) is 2.47. The van der Waals surface area contributed by atoms with Crippen molar-refractivity contribution in [2.75, 3.05) is 38.1 Å². The van der Waals surface area contributed by atoms with E-state index in [1.54, 1.807) is 0 Å². The maximum absolute atomic E-state index is 12.3. The number of rotatable bonds is 4. The Bertz CT molecular complexity index is 456. The van der Waals surface area contributed by atoms with Gasteiger partial charge in [-0.15, -0.1) is 0 Å². The van der Waals surface area contributed by atoms with Crippen LogP contribution in [0.2, 0.25) is 0 Å². The topological polar surface area (TPSA) is 87.4 Å². The van der Waals surface area contributed by atoms with Crippen LogP contribution in [-0.4, -0.2) is 58.4 Å². The van der Waals surface area contributed by atoms with E-state index in [0.29, 0.717) is 17.4 Å². The fourth-order valence-corrected chi connectivity index (χ4v) is 2.35. The summed E-state index contributed by atoms with van der Waals surface area (Å²) in [5, 5.41) is 0. The first-order valence-corrected chi connectivity index (χ1v) is 6.90. The van der Waals surface area contributed by atoms with Crippen LogP contribution in [0.4, 0.5) is 5.82 Å². The molecule has 1 aliphatic rings. The summed E-state index contributed by atoms with van der Waals surface area (Å²) in [6.45, 7) is 8.77. The summed E-state index contributed by atoms with van der Waals surface area (Å²) in [7, 11) is 0. The van der Waals surface area contributed by atoms with Crippen LogP contribution in [0.1, 0.15) is 24.3 Å². The highest BCUT2D eigenvalue weighted by atomic mass is 16.2. The Kier molecular flexibility index (Phi) is 4.86. The van der Waals surface area contributed by atoms with Crippen molar-refractivity contribution in [2.24, 2.45) is 11.8 Å². The summed E-state index contributed by atoms with van der Waals surface area (Å²) in [5.74, 6) is 6.24. The number of hydrazine groups is 1. The molecular formula is C13H22N6O. The number of carbonyl (C=O) groups is 1. The van der Waals surface area contributed by atoms with Gasteiger partial charge in [0.25, 0.3) is 5.91 Å². The maximum atomic E-state index is 12.3. The van der Waals surface area contributed by atoms with Gasteiger partial charge in [-0.2, -0.15) is 0 Å². The summed E-state index contributed by atoms with van der Waals surface area (Å²) < 4.78 is 0. The average molecular weight is 278 g/mol. The number of aromatic nitrogens is 2. The number of hydrogen-bond acceptors (Lipinski definition) is 6. The molecule has 2 heterocycles. The molecule has 0 saturated carbocycles. The molecular weight excluding hydrogens is 256 g/mol. The van der Waals surface area contributed by atoms with Crippen molar-refractivity contribution >= 4 is 11.7 Å². The molecule has 1 aromatic heterocycles. The quantitative estimate of drug-likeness (QED) is 0.603. The van der Waals surface area contributed by atoms with Gasteiger partial charge in [-0.1, -0.05) is 13.8 Å². The van der Waals surface area contributed by atoms with Crippen molar-refractivity contribution in [3.63, 3.8) is 0 Å². The smallest absolute Gasteiger partial charge is 0.274 e. The van der Waals surface area contributed by atoms with Crippen LogP contribution in [0.25, 0.3) is 0 Å². The van der Waals surface area contributed by atoms with Crippen LogP contribution in [0.15, 0.2) is 12.4 Å². The predicted molar refractivity (Wildman–Crippen MR) is 77.0 cm³/mol. The third-order valence-corrected chi connectivity index (χ3v) is 3.28. The molecule has 0 aliphatic carbocycles. The SMILES string of the molecule is CC(C)CN1CCN(C(=O)c2cncc(NN)n2)CC1. The second-order valence-corrected chi connectivity index (χ2v) is 5.42. The lowest BCUT2D eigenvalue weighted by atomic mass is 10.2. The molecule has 1 saturated heterocycles. The number of nitrogens with two attached hydrogens (primary N) is 1. The van der Waals surface area contributed by atoms with Gasteiger partial charge in [0.15, 0.2) is 5.82 Å². The van der Waals surface area contributed by atoms with E-state index < -0.39 is 0 Å². The molecule has 7 heteroatoms. The second kappa shape index (κ2) is 6.62. The zero-order valence-electron chi connectivity index (χ0n) is 12.0. The third-order valence-electron chi connectivity index (χ3n) is 3.28. The van der Waals surface area contributed by atoms with Crippen molar-refractivity contribution in [1.29, 1.82) is 0 Å². The number of amides is 1. The predicted octanol–water partition coefficient (Wildman–Crippen LogP) is 0.176. The number of piperazine rings is 1. The van der Waals surface area contributed by atoms with E-state index in [2.05, 4.69) is 34.1 Å². The van der Waals surface area contributed by atoms with Gasteiger partial charge in [0.2, 0.25) is 0 Å². The normalized spacial score (nSPS) is 16.5. The Balaban J connectivity index is 1.94. The first kappa shape index (κ1) is 14.7. The van der Waals surface area contributed by atoms with E-state index in [4.69, 9.17) is 5.84 Å². The second-order valence-electron chi connectivity index (χ2n) is 5.42. The summed E-state index contributed by atoms with van der Waals surface area (Å²) >= 11 is 0. The van der Waals surface area contributed by atoms with Gasteiger partial charge in [-0.25, -0.2) is 10.8 Å². The summed E-state index contributed by atoms with van der Waals surface area (Å²) in [6.07, 6.45) is 2.96. The van der Waals surface area contributed by atoms with E-state index >= 15 is 0 Å². The molecule has 1 fully saturated rings. The highest BCUT2D eigenvalue weighted by Gasteiger charge is 2.23. The molecule has 0 radical (unpaired) electrons. The zero-order chi connectivity index (χ0) is 14.5. The molecule has 0 spiro atoms. The van der Waals surface area contributed by atoms with Gasteiger partial charge in [-0.05, 0) is 5.92 Å². The van der Waals surface area contributed by atoms with Crippen LogP contribution < -0.4 is 11.3 Å². The number of hydrogen-bond donors (Lipinski definition) is 2. The minimum Gasteiger partial charge on any atom is -0.335 e. The molecule has 0 unspecified atom stereocenters. The number of anilines is 1. The number of nitrogens with one attached hydrogen (secondary N) is 1. The van der Waals surface area contributed by atoms with Crippen molar-refractivity contribution < 1.29 is 4.79 Å². The molecule has 0 bridgehead atoms. The lowest BCUT2D eigenvalue weighted by Crippen LogP contribution is -2.49. The van der Waals surface area contributed by atoms with Crippen molar-refractivity contribution in [2.45, 2.75) is 13.8 Å². The van der Waals surface area contributed by atoms with E-state index in [-0.39, 0.29) is 5.91 Å². The molecule has 110 valence electrons. The van der Waals surface area contributed by atoms with Gasteiger partial charge in [-0.3, -0.25) is 14.7 Å². The number of nitrogen functional groups attached to an aromatic ring is 1. The molecule has 2 rings (SSSR count). The molecule has 0 atom stereocenters. The van der Waals surface area contributed by atoms with Gasteiger partial charge in [0, 0.05) is 32.7 Å². The number of nitrogens with zero attached hydrogens (tertiary/aromatic N) is 4. The lowest BCUT2D eigenvalue weighted by Gasteiger charge is -2.35. The highest BCUT2D eigenvalue weighted by Crippen LogP contribution is 2.09. The van der Waals surface area contributed by atoms with E-state index in [9.17, 15) is 4.79 Å². The Morgan fingerprint density at radius 2 is 2.05 bits per heavy atom. The molecule has 1 aliphatic heterocycles. The Hall–Kier alpha value is -1.73. The van der Waals surface area contributed by atoms with Gasteiger partial charge < -0.3 is 10.3 Å². The van der Waals surface area contributed by atoms with E-state index in [0.717, 1.165) is 32.7 Å². The van der Waals surface area contributed by atoms with Gasteiger partial charge in [0.05, 0.1) is 12.4 Å². The van der Waals surface area contributed by atoms with E-state index in [1.807, 2.05) is 4.90 Å². The van der Waals surface area contributed by atoms with Crippen LogP contribution in [0, 0.1) is 5.92 Å². The Morgan fingerprint density at radius 3 is 2.65 bits per heavy atom. The number of carbonyl (C=O) groups excluding carboxylic acids is 1. The summed E-state index contributed by atoms with van der Waals surface area (Å²) in [4.78, 5) is 24.6. The molecule has 7 nitrogen and oxygen atoms in total. The minimum atomic E-state index is -0.0844. The van der Waals surface area contributed by atoms with Crippen LogP contribution in [0.5, 0.6) is 0 Å². The summed E-state index contributed by atoms with van der Waals surface area (Å²) in [5.41, 5.74) is 2.73. The zero-order valence-corrected chi connectivity index (χ0v) is 12.0. The summed E-state index contributed by atoms with van der Waals surface area (Å²) in [6, 6.07) is 0. The van der Waals surface area contributed by atoms with E-state index in [1.165, 1.54) is 12.4 Å². The molecule has 1 amide bonds. The first-order chi connectivity index (χ1) is 9.60. The fraction of sp³-hybridized carbons (Fsp3) is 0.615. The lowest BCUT2D eigenvalue weighted by molar-refractivity contribution is 0.0618. The van der Waals surface area contributed by atoms with Crippen molar-refractivity contribution in [3.05, 3.63) is 18.1 Å². The van der Waals surface area contributed by atoms with Crippen molar-refractivity contribution in [1.82, 2.24) is 19.8 Å². The largest absolute Gasteiger partial charge is 0.335 e. The molecule has 3 N–H and O–H groups in total. The Morgan fingerprint density at radius 1 is 1.35 bits per heavy atom. The maximum Gasteiger partial charge on any atom is 0.274 e. The Labute approximate surface area is 119 Å². The minimum absolute atomic E-state index is 0.0844. The first-order valence-electron chi connectivity index (χ1n) is 6.90. The van der Waals surface area contributed by atoms with Crippen LogP contribution in [0.3, 0.4) is 0 Å². The fourth-order valence-electron chi connectivity index (χ4n) is 2.35.